The van der Waals surface area contributed by atoms with Gasteiger partial charge in [0.15, 0.2) is 11.5 Å². The van der Waals surface area contributed by atoms with E-state index in [-0.39, 0.29) is 12.0 Å². The molecular formula is C17H21NO3. The smallest absolute Gasteiger partial charge is 0.226 e. The van der Waals surface area contributed by atoms with E-state index in [1.54, 1.807) is 0 Å². The van der Waals surface area contributed by atoms with Crippen LogP contribution in [0.25, 0.3) is 0 Å². The highest BCUT2D eigenvalue weighted by Crippen LogP contribution is 2.44. The fourth-order valence-corrected chi connectivity index (χ4v) is 3.52. The second-order valence-electron chi connectivity index (χ2n) is 6.41. The molecule has 1 aliphatic carbocycles. The zero-order chi connectivity index (χ0) is 14.4. The minimum absolute atomic E-state index is 0.209. The van der Waals surface area contributed by atoms with Gasteiger partial charge in [-0.3, -0.25) is 4.79 Å². The fourth-order valence-electron chi connectivity index (χ4n) is 3.52. The molecule has 4 heteroatoms. The van der Waals surface area contributed by atoms with E-state index in [1.165, 1.54) is 5.56 Å². The van der Waals surface area contributed by atoms with Crippen molar-refractivity contribution in [2.75, 3.05) is 19.8 Å². The van der Waals surface area contributed by atoms with E-state index in [0.717, 1.165) is 37.3 Å². The highest BCUT2D eigenvalue weighted by molar-refractivity contribution is 5.82. The number of hydrogen-bond donors (Lipinski definition) is 0. The van der Waals surface area contributed by atoms with Crippen LogP contribution in [0.5, 0.6) is 11.5 Å². The number of fused-ring (bicyclic) bond motifs is 1. The molecule has 0 bridgehead atoms. The minimum Gasteiger partial charge on any atom is -0.486 e. The number of ether oxygens (including phenoxy) is 2. The summed E-state index contributed by atoms with van der Waals surface area (Å²) in [6, 6.07) is 6.33. The molecule has 1 aromatic carbocycles. The van der Waals surface area contributed by atoms with Crippen LogP contribution in [0, 0.1) is 11.8 Å². The van der Waals surface area contributed by atoms with E-state index < -0.39 is 0 Å². The van der Waals surface area contributed by atoms with Crippen molar-refractivity contribution >= 4 is 5.91 Å². The van der Waals surface area contributed by atoms with Crippen molar-refractivity contribution in [2.45, 2.75) is 32.2 Å². The molecule has 2 fully saturated rings. The average molecular weight is 287 g/mol. The van der Waals surface area contributed by atoms with Crippen molar-refractivity contribution in [1.29, 1.82) is 0 Å². The molecule has 0 spiro atoms. The summed E-state index contributed by atoms with van der Waals surface area (Å²) in [7, 11) is 0. The van der Waals surface area contributed by atoms with Crippen LogP contribution < -0.4 is 9.47 Å². The molecule has 1 amide bonds. The number of nitrogens with zero attached hydrogens (tertiary/aromatic N) is 1. The van der Waals surface area contributed by atoms with Crippen LogP contribution in [0.15, 0.2) is 18.2 Å². The van der Waals surface area contributed by atoms with Crippen LogP contribution in [0.2, 0.25) is 0 Å². The van der Waals surface area contributed by atoms with Crippen LogP contribution in [0.3, 0.4) is 0 Å². The standard InChI is InChI=1S/C17H21NO3/c1-11-9-13(11)17(19)18-6-2-3-14(18)12-4-5-15-16(10-12)21-8-7-20-15/h4-5,10-11,13-14H,2-3,6-9H2,1H3/t11-,13+,14-/m1/s1. The Labute approximate surface area is 125 Å². The van der Waals surface area contributed by atoms with E-state index in [2.05, 4.69) is 24.0 Å². The third-order valence-corrected chi connectivity index (χ3v) is 4.91. The number of carbonyl (C=O) groups excluding carboxylic acids is 1. The molecule has 2 heterocycles. The molecule has 4 nitrogen and oxygen atoms in total. The molecule has 3 atom stereocenters. The first-order chi connectivity index (χ1) is 10.2. The summed E-state index contributed by atoms with van der Waals surface area (Å²) in [6.07, 6.45) is 3.20. The third kappa shape index (κ3) is 2.27. The van der Waals surface area contributed by atoms with Crippen molar-refractivity contribution < 1.29 is 14.3 Å². The Balaban J connectivity index is 1.58. The van der Waals surface area contributed by atoms with E-state index in [4.69, 9.17) is 9.47 Å². The van der Waals surface area contributed by atoms with Gasteiger partial charge in [-0.15, -0.1) is 0 Å². The Bertz CT molecular complexity index is 571. The lowest BCUT2D eigenvalue weighted by molar-refractivity contribution is -0.133. The van der Waals surface area contributed by atoms with Gasteiger partial charge >= 0.3 is 0 Å². The van der Waals surface area contributed by atoms with Crippen molar-refractivity contribution in [2.24, 2.45) is 11.8 Å². The monoisotopic (exact) mass is 287 g/mol. The van der Waals surface area contributed by atoms with Gasteiger partial charge < -0.3 is 14.4 Å². The predicted octanol–water partition coefficient (Wildman–Crippen LogP) is 2.78. The van der Waals surface area contributed by atoms with E-state index in [9.17, 15) is 4.79 Å². The van der Waals surface area contributed by atoms with E-state index >= 15 is 0 Å². The van der Waals surface area contributed by atoms with Gasteiger partial charge in [0.1, 0.15) is 13.2 Å². The Morgan fingerprint density at radius 1 is 1.24 bits per heavy atom. The molecule has 0 unspecified atom stereocenters. The van der Waals surface area contributed by atoms with Gasteiger partial charge in [-0.2, -0.15) is 0 Å². The maximum atomic E-state index is 12.6. The fraction of sp³-hybridized carbons (Fsp3) is 0.588. The SMILES string of the molecule is C[C@@H]1C[C@@H]1C(=O)N1CCC[C@@H]1c1ccc2c(c1)OCCO2. The second kappa shape index (κ2) is 4.93. The lowest BCUT2D eigenvalue weighted by atomic mass is 10.0. The molecule has 112 valence electrons. The second-order valence-corrected chi connectivity index (χ2v) is 6.41. The van der Waals surface area contributed by atoms with Gasteiger partial charge in [-0.1, -0.05) is 13.0 Å². The molecule has 2 aliphatic heterocycles. The predicted molar refractivity (Wildman–Crippen MR) is 78.4 cm³/mol. The maximum absolute atomic E-state index is 12.6. The lowest BCUT2D eigenvalue weighted by Gasteiger charge is -2.27. The van der Waals surface area contributed by atoms with Crippen molar-refractivity contribution in [3.63, 3.8) is 0 Å². The number of likely N-dealkylation sites (tertiary alicyclic amines) is 1. The first-order valence-electron chi connectivity index (χ1n) is 7.94. The molecule has 1 saturated carbocycles. The highest BCUT2D eigenvalue weighted by Gasteiger charge is 2.44. The highest BCUT2D eigenvalue weighted by atomic mass is 16.6. The Kier molecular flexibility index (Phi) is 3.05. The summed E-state index contributed by atoms with van der Waals surface area (Å²) in [5.41, 5.74) is 1.18. The van der Waals surface area contributed by atoms with Crippen LogP contribution in [-0.2, 0) is 4.79 Å². The quantitative estimate of drug-likeness (QED) is 0.839. The number of carbonyl (C=O) groups is 1. The van der Waals surface area contributed by atoms with Crippen molar-refractivity contribution in [3.05, 3.63) is 23.8 Å². The number of rotatable bonds is 2. The largest absolute Gasteiger partial charge is 0.486 e. The van der Waals surface area contributed by atoms with Crippen LogP contribution >= 0.6 is 0 Å². The number of amides is 1. The van der Waals surface area contributed by atoms with Crippen LogP contribution in [-0.4, -0.2) is 30.6 Å². The summed E-state index contributed by atoms with van der Waals surface area (Å²) < 4.78 is 11.2. The molecule has 0 aromatic heterocycles. The molecule has 0 radical (unpaired) electrons. The molecule has 1 saturated heterocycles. The van der Waals surface area contributed by atoms with E-state index in [0.29, 0.717) is 25.0 Å². The molecule has 1 aromatic rings. The molecule has 0 N–H and O–H groups in total. The Morgan fingerprint density at radius 3 is 2.76 bits per heavy atom. The molecule has 4 rings (SSSR count). The van der Waals surface area contributed by atoms with E-state index in [1.807, 2.05) is 6.07 Å². The van der Waals surface area contributed by atoms with Crippen molar-refractivity contribution in [1.82, 2.24) is 4.90 Å². The maximum Gasteiger partial charge on any atom is 0.226 e. The van der Waals surface area contributed by atoms with Gasteiger partial charge in [-0.05, 0) is 42.9 Å². The lowest BCUT2D eigenvalue weighted by Crippen LogP contribution is -2.32. The van der Waals surface area contributed by atoms with Gasteiger partial charge in [0.25, 0.3) is 0 Å². The summed E-state index contributed by atoms with van der Waals surface area (Å²) in [5, 5.41) is 0. The molecule has 3 aliphatic rings. The van der Waals surface area contributed by atoms with Crippen LogP contribution in [0.1, 0.15) is 37.8 Å². The zero-order valence-electron chi connectivity index (χ0n) is 12.4. The zero-order valence-corrected chi connectivity index (χ0v) is 12.4. The molecular weight excluding hydrogens is 266 g/mol. The first-order valence-corrected chi connectivity index (χ1v) is 7.94. The van der Waals surface area contributed by atoms with Gasteiger partial charge in [-0.25, -0.2) is 0 Å². The number of hydrogen-bond acceptors (Lipinski definition) is 3. The third-order valence-electron chi connectivity index (χ3n) is 4.91. The first kappa shape index (κ1) is 13.0. The Morgan fingerprint density at radius 2 is 2.00 bits per heavy atom. The number of benzene rings is 1. The Hall–Kier alpha value is -1.71. The van der Waals surface area contributed by atoms with Gasteiger partial charge in [0.2, 0.25) is 5.91 Å². The van der Waals surface area contributed by atoms with Crippen molar-refractivity contribution in [3.8, 4) is 11.5 Å². The van der Waals surface area contributed by atoms with Crippen LogP contribution in [0.4, 0.5) is 0 Å². The normalized spacial score (nSPS) is 30.3. The minimum atomic E-state index is 0.209. The van der Waals surface area contributed by atoms with Gasteiger partial charge in [0.05, 0.1) is 6.04 Å². The summed E-state index contributed by atoms with van der Waals surface area (Å²) in [6.45, 7) is 4.27. The topological polar surface area (TPSA) is 38.8 Å². The summed E-state index contributed by atoms with van der Waals surface area (Å²) >= 11 is 0. The summed E-state index contributed by atoms with van der Waals surface area (Å²) in [4.78, 5) is 14.6. The molecule has 21 heavy (non-hydrogen) atoms. The average Bonchev–Trinajstić information content (AvgIpc) is 3.05. The summed E-state index contributed by atoms with van der Waals surface area (Å²) in [5.74, 6) is 2.82. The van der Waals surface area contributed by atoms with Gasteiger partial charge in [0, 0.05) is 12.5 Å².